The molecule has 1 N–H and O–H groups in total. The molecule has 0 saturated carbocycles. The van der Waals surface area contributed by atoms with Crippen molar-refractivity contribution in [2.45, 2.75) is 20.1 Å². The minimum Gasteiger partial charge on any atom is -0.490 e. The van der Waals surface area contributed by atoms with Gasteiger partial charge in [0.15, 0.2) is 11.5 Å². The lowest BCUT2D eigenvalue weighted by atomic mass is 10.2. The standard InChI is InChI=1S/C22H20Br2FNO2/c1-2-27-21-11-16(13-26-19-9-5-17(23)6-10-19)20(24)12-22(21)28-14-15-3-7-18(25)8-4-15/h3-12,26H,2,13-14H2,1H3. The van der Waals surface area contributed by atoms with E-state index in [1.165, 1.54) is 12.1 Å². The van der Waals surface area contributed by atoms with Crippen molar-refractivity contribution in [1.82, 2.24) is 0 Å². The van der Waals surface area contributed by atoms with Crippen molar-refractivity contribution in [3.05, 3.63) is 86.6 Å². The molecule has 0 unspecified atom stereocenters. The van der Waals surface area contributed by atoms with Crippen molar-refractivity contribution >= 4 is 37.5 Å². The third-order valence-electron chi connectivity index (χ3n) is 4.05. The van der Waals surface area contributed by atoms with Gasteiger partial charge in [0, 0.05) is 21.2 Å². The second kappa shape index (κ2) is 9.94. The Balaban J connectivity index is 1.72. The molecular weight excluding hydrogens is 489 g/mol. The molecule has 0 aliphatic carbocycles. The molecule has 3 nitrogen and oxygen atoms in total. The Hall–Kier alpha value is -2.05. The van der Waals surface area contributed by atoms with Crippen LogP contribution in [0.1, 0.15) is 18.1 Å². The zero-order valence-corrected chi connectivity index (χ0v) is 18.5. The van der Waals surface area contributed by atoms with Crippen LogP contribution in [-0.2, 0) is 13.2 Å². The average molecular weight is 509 g/mol. The first-order valence-corrected chi connectivity index (χ1v) is 10.5. The maximum atomic E-state index is 13.1. The molecule has 146 valence electrons. The molecule has 3 aromatic rings. The number of rotatable bonds is 8. The van der Waals surface area contributed by atoms with Gasteiger partial charge < -0.3 is 14.8 Å². The molecule has 0 radical (unpaired) electrons. The number of anilines is 1. The molecule has 3 aromatic carbocycles. The fourth-order valence-corrected chi connectivity index (χ4v) is 3.33. The van der Waals surface area contributed by atoms with Crippen molar-refractivity contribution in [3.8, 4) is 11.5 Å². The summed E-state index contributed by atoms with van der Waals surface area (Å²) < 4.78 is 26.7. The highest BCUT2D eigenvalue weighted by atomic mass is 79.9. The van der Waals surface area contributed by atoms with Gasteiger partial charge in [-0.2, -0.15) is 0 Å². The lowest BCUT2D eigenvalue weighted by Crippen LogP contribution is -2.04. The Bertz CT molecular complexity index is 915. The van der Waals surface area contributed by atoms with Gasteiger partial charge in [0.05, 0.1) is 6.61 Å². The van der Waals surface area contributed by atoms with E-state index < -0.39 is 0 Å². The van der Waals surface area contributed by atoms with Crippen LogP contribution in [0.2, 0.25) is 0 Å². The Kier molecular flexibility index (Phi) is 7.34. The number of nitrogens with one attached hydrogen (secondary N) is 1. The van der Waals surface area contributed by atoms with Gasteiger partial charge in [-0.3, -0.25) is 0 Å². The first kappa shape index (κ1) is 20.7. The summed E-state index contributed by atoms with van der Waals surface area (Å²) in [6.45, 7) is 3.45. The quantitative estimate of drug-likeness (QED) is 0.357. The van der Waals surface area contributed by atoms with Crippen molar-refractivity contribution in [3.63, 3.8) is 0 Å². The van der Waals surface area contributed by atoms with Gasteiger partial charge >= 0.3 is 0 Å². The van der Waals surface area contributed by atoms with Gasteiger partial charge in [-0.05, 0) is 66.6 Å². The van der Waals surface area contributed by atoms with E-state index in [-0.39, 0.29) is 5.82 Å². The lowest BCUT2D eigenvalue weighted by molar-refractivity contribution is 0.269. The minimum absolute atomic E-state index is 0.260. The Labute approximate surface area is 181 Å². The van der Waals surface area contributed by atoms with Crippen LogP contribution in [0, 0.1) is 5.82 Å². The first-order chi connectivity index (χ1) is 13.5. The monoisotopic (exact) mass is 507 g/mol. The molecule has 0 aliphatic rings. The van der Waals surface area contributed by atoms with Crippen LogP contribution in [0.25, 0.3) is 0 Å². The molecule has 0 fully saturated rings. The van der Waals surface area contributed by atoms with Crippen LogP contribution in [0.4, 0.5) is 10.1 Å². The van der Waals surface area contributed by atoms with Gasteiger partial charge in [-0.15, -0.1) is 0 Å². The Morgan fingerprint density at radius 2 is 1.57 bits per heavy atom. The van der Waals surface area contributed by atoms with Crippen molar-refractivity contribution in [2.24, 2.45) is 0 Å². The highest BCUT2D eigenvalue weighted by molar-refractivity contribution is 9.10. The summed E-state index contributed by atoms with van der Waals surface area (Å²) in [4.78, 5) is 0. The maximum Gasteiger partial charge on any atom is 0.162 e. The predicted molar refractivity (Wildman–Crippen MR) is 118 cm³/mol. The molecule has 3 rings (SSSR count). The molecule has 6 heteroatoms. The highest BCUT2D eigenvalue weighted by Gasteiger charge is 2.11. The van der Waals surface area contributed by atoms with E-state index in [0.29, 0.717) is 31.3 Å². The summed E-state index contributed by atoms with van der Waals surface area (Å²) >= 11 is 7.06. The van der Waals surface area contributed by atoms with Gasteiger partial charge in [0.25, 0.3) is 0 Å². The predicted octanol–water partition coefficient (Wildman–Crippen LogP) is 6.94. The zero-order chi connectivity index (χ0) is 19.9. The Morgan fingerprint density at radius 3 is 2.25 bits per heavy atom. The molecule has 0 amide bonds. The summed E-state index contributed by atoms with van der Waals surface area (Å²) in [5.41, 5.74) is 2.98. The maximum absolute atomic E-state index is 13.1. The van der Waals surface area contributed by atoms with E-state index in [0.717, 1.165) is 25.8 Å². The highest BCUT2D eigenvalue weighted by Crippen LogP contribution is 2.35. The van der Waals surface area contributed by atoms with E-state index in [1.54, 1.807) is 12.1 Å². The molecule has 0 atom stereocenters. The van der Waals surface area contributed by atoms with E-state index in [9.17, 15) is 4.39 Å². The number of hydrogen-bond donors (Lipinski definition) is 1. The number of halogens is 3. The van der Waals surface area contributed by atoms with Crippen molar-refractivity contribution in [2.75, 3.05) is 11.9 Å². The van der Waals surface area contributed by atoms with Crippen LogP contribution in [0.5, 0.6) is 11.5 Å². The molecule has 0 bridgehead atoms. The summed E-state index contributed by atoms with van der Waals surface area (Å²) in [6.07, 6.45) is 0. The van der Waals surface area contributed by atoms with Crippen LogP contribution in [0.3, 0.4) is 0 Å². The number of hydrogen-bond acceptors (Lipinski definition) is 3. The van der Waals surface area contributed by atoms with Crippen LogP contribution in [-0.4, -0.2) is 6.61 Å². The molecular formula is C22H20Br2FNO2. The van der Waals surface area contributed by atoms with Crippen LogP contribution in [0.15, 0.2) is 69.6 Å². The first-order valence-electron chi connectivity index (χ1n) is 8.87. The van der Waals surface area contributed by atoms with E-state index >= 15 is 0 Å². The third kappa shape index (κ3) is 5.72. The fourth-order valence-electron chi connectivity index (χ4n) is 2.60. The van der Waals surface area contributed by atoms with E-state index in [2.05, 4.69) is 37.2 Å². The topological polar surface area (TPSA) is 30.5 Å². The molecule has 0 aliphatic heterocycles. The van der Waals surface area contributed by atoms with E-state index in [4.69, 9.17) is 9.47 Å². The molecule has 0 heterocycles. The summed E-state index contributed by atoms with van der Waals surface area (Å²) in [5.74, 6) is 1.06. The smallest absolute Gasteiger partial charge is 0.162 e. The fraction of sp³-hybridized carbons (Fsp3) is 0.182. The van der Waals surface area contributed by atoms with Crippen molar-refractivity contribution < 1.29 is 13.9 Å². The van der Waals surface area contributed by atoms with Gasteiger partial charge in [-0.1, -0.05) is 44.0 Å². The zero-order valence-electron chi connectivity index (χ0n) is 15.3. The van der Waals surface area contributed by atoms with Gasteiger partial charge in [0.2, 0.25) is 0 Å². The summed E-state index contributed by atoms with van der Waals surface area (Å²) in [6, 6.07) is 18.2. The van der Waals surface area contributed by atoms with Crippen LogP contribution < -0.4 is 14.8 Å². The lowest BCUT2D eigenvalue weighted by Gasteiger charge is -2.16. The largest absolute Gasteiger partial charge is 0.490 e. The van der Waals surface area contributed by atoms with Gasteiger partial charge in [-0.25, -0.2) is 4.39 Å². The normalized spacial score (nSPS) is 10.6. The minimum atomic E-state index is -0.260. The van der Waals surface area contributed by atoms with Crippen LogP contribution >= 0.6 is 31.9 Å². The van der Waals surface area contributed by atoms with Crippen molar-refractivity contribution in [1.29, 1.82) is 0 Å². The average Bonchev–Trinajstić information content (AvgIpc) is 2.69. The second-order valence-corrected chi connectivity index (χ2v) is 7.87. The Morgan fingerprint density at radius 1 is 0.893 bits per heavy atom. The SMILES string of the molecule is CCOc1cc(CNc2ccc(Br)cc2)c(Br)cc1OCc1ccc(F)cc1. The molecule has 0 saturated heterocycles. The summed E-state index contributed by atoms with van der Waals surface area (Å²) in [5, 5.41) is 3.40. The molecule has 0 aromatic heterocycles. The number of benzene rings is 3. The van der Waals surface area contributed by atoms with Gasteiger partial charge in [0.1, 0.15) is 12.4 Å². The molecule has 0 spiro atoms. The van der Waals surface area contributed by atoms with E-state index in [1.807, 2.05) is 43.3 Å². The second-order valence-electron chi connectivity index (χ2n) is 6.10. The third-order valence-corrected chi connectivity index (χ3v) is 5.31. The summed E-state index contributed by atoms with van der Waals surface area (Å²) in [7, 11) is 0. The number of ether oxygens (including phenoxy) is 2. The molecule has 28 heavy (non-hydrogen) atoms.